The van der Waals surface area contributed by atoms with Gasteiger partial charge < -0.3 is 18.3 Å². The van der Waals surface area contributed by atoms with Crippen molar-refractivity contribution in [3.63, 3.8) is 0 Å². The average Bonchev–Trinajstić information content (AvgIpc) is 4.03. The lowest BCUT2D eigenvalue weighted by atomic mass is 9.74. The third-order valence-electron chi connectivity index (χ3n) is 13.9. The van der Waals surface area contributed by atoms with Crippen LogP contribution in [0.15, 0.2) is 194 Å². The van der Waals surface area contributed by atoms with Gasteiger partial charge in [-0.05, 0) is 96.1 Å². The molecule has 4 aromatic heterocycles. The summed E-state index contributed by atoms with van der Waals surface area (Å²) in [4.78, 5) is 0. The molecule has 0 N–H and O–H groups in total. The Bertz CT molecular complexity index is 3870. The highest BCUT2D eigenvalue weighted by molar-refractivity contribution is 6.16. The van der Waals surface area contributed by atoms with Crippen molar-refractivity contribution in [3.8, 4) is 22.7 Å². The number of rotatable bonds is 3. The first-order chi connectivity index (χ1) is 30.0. The quantitative estimate of drug-likeness (QED) is 0.170. The highest BCUT2D eigenvalue weighted by atomic mass is 15.0. The first-order valence-electron chi connectivity index (χ1n) is 21.3. The molecule has 1 aliphatic rings. The molecule has 1 aliphatic heterocycles. The molecule has 0 saturated carbocycles. The molecule has 0 saturated heterocycles. The summed E-state index contributed by atoms with van der Waals surface area (Å²) in [7, 11) is 0. The van der Waals surface area contributed by atoms with E-state index >= 15 is 0 Å². The minimum atomic E-state index is -0.336. The van der Waals surface area contributed by atoms with E-state index in [2.05, 4.69) is 226 Å². The topological polar surface area (TPSA) is 19.7 Å². The summed E-state index contributed by atoms with van der Waals surface area (Å²) in [6.07, 6.45) is 0. The highest BCUT2D eigenvalue weighted by Gasteiger charge is 2.37. The maximum atomic E-state index is 2.56. The summed E-state index contributed by atoms with van der Waals surface area (Å²) in [5.74, 6) is 0. The number of nitrogens with zero attached hydrogens (tertiary/aromatic N) is 4. The van der Waals surface area contributed by atoms with Crippen LogP contribution in [0.1, 0.15) is 25.0 Å². The van der Waals surface area contributed by atoms with E-state index in [1.807, 2.05) is 0 Å². The fourth-order valence-corrected chi connectivity index (χ4v) is 11.2. The highest BCUT2D eigenvalue weighted by Crippen LogP contribution is 2.50. The number of para-hydroxylation sites is 6. The normalized spacial score (nSPS) is 13.5. The summed E-state index contributed by atoms with van der Waals surface area (Å²) >= 11 is 0. The van der Waals surface area contributed by atoms with Crippen LogP contribution in [0.25, 0.3) is 110 Å². The minimum absolute atomic E-state index is 0.336. The predicted molar refractivity (Wildman–Crippen MR) is 256 cm³/mol. The van der Waals surface area contributed by atoms with Gasteiger partial charge in [-0.3, -0.25) is 0 Å². The zero-order valence-corrected chi connectivity index (χ0v) is 33.8. The van der Waals surface area contributed by atoms with Crippen molar-refractivity contribution in [3.05, 3.63) is 205 Å². The Kier molecular flexibility index (Phi) is 6.33. The summed E-state index contributed by atoms with van der Waals surface area (Å²) in [5, 5.41) is 10.1. The smallest absolute Gasteiger partial charge is 0.0583 e. The molecule has 0 radical (unpaired) electrons. The maximum absolute atomic E-state index is 2.56. The number of hydrogen-bond acceptors (Lipinski definition) is 0. The zero-order chi connectivity index (χ0) is 40.1. The molecule has 9 aromatic carbocycles. The lowest BCUT2D eigenvalue weighted by Crippen LogP contribution is -2.27. The largest absolute Gasteiger partial charge is 0.309 e. The van der Waals surface area contributed by atoms with Gasteiger partial charge in [-0.2, -0.15) is 0 Å². The van der Waals surface area contributed by atoms with Crippen LogP contribution >= 0.6 is 0 Å². The second kappa shape index (κ2) is 11.7. The van der Waals surface area contributed by atoms with Gasteiger partial charge in [0, 0.05) is 65.6 Å². The average molecular weight is 779 g/mol. The van der Waals surface area contributed by atoms with E-state index in [-0.39, 0.29) is 5.41 Å². The first-order valence-corrected chi connectivity index (χ1v) is 21.3. The second-order valence-corrected chi connectivity index (χ2v) is 17.4. The van der Waals surface area contributed by atoms with Crippen LogP contribution in [-0.2, 0) is 5.41 Å². The summed E-state index contributed by atoms with van der Waals surface area (Å²) in [6.45, 7) is 4.85. The molecular formula is C57H38N4. The van der Waals surface area contributed by atoms with E-state index in [1.165, 1.54) is 115 Å². The molecule has 61 heavy (non-hydrogen) atoms. The molecule has 4 nitrogen and oxygen atoms in total. The van der Waals surface area contributed by atoms with Gasteiger partial charge in [0.25, 0.3) is 0 Å². The van der Waals surface area contributed by atoms with Crippen molar-refractivity contribution in [2.75, 3.05) is 0 Å². The Hall–Kier alpha value is -7.82. The van der Waals surface area contributed by atoms with Crippen LogP contribution in [0.2, 0.25) is 0 Å². The summed E-state index contributed by atoms with van der Waals surface area (Å²) in [5.41, 5.74) is 16.8. The molecule has 286 valence electrons. The molecular weight excluding hydrogens is 741 g/mol. The fourth-order valence-electron chi connectivity index (χ4n) is 11.2. The van der Waals surface area contributed by atoms with Gasteiger partial charge in [0.2, 0.25) is 0 Å². The van der Waals surface area contributed by atoms with Crippen LogP contribution in [0, 0.1) is 0 Å². The van der Waals surface area contributed by atoms with Gasteiger partial charge in [-0.25, -0.2) is 0 Å². The SMILES string of the molecule is CC1(C)c2cc(-n3c4ccccc4c4ccccc43)ccc2-n2c3ccc(-n4c5ccccc5c5ccccc54)cc3c3cc(-n4c5ccccc5c5ccccc54)cc1c32. The molecule has 0 amide bonds. The van der Waals surface area contributed by atoms with Crippen molar-refractivity contribution in [2.24, 2.45) is 0 Å². The van der Waals surface area contributed by atoms with Gasteiger partial charge in [-0.15, -0.1) is 0 Å². The van der Waals surface area contributed by atoms with Gasteiger partial charge in [0.1, 0.15) is 0 Å². The van der Waals surface area contributed by atoms with E-state index < -0.39 is 0 Å². The Morgan fingerprint density at radius 1 is 0.279 bits per heavy atom. The van der Waals surface area contributed by atoms with Gasteiger partial charge >= 0.3 is 0 Å². The van der Waals surface area contributed by atoms with Crippen LogP contribution < -0.4 is 0 Å². The second-order valence-electron chi connectivity index (χ2n) is 17.4. The van der Waals surface area contributed by atoms with E-state index in [1.54, 1.807) is 0 Å². The third-order valence-corrected chi connectivity index (χ3v) is 13.9. The molecule has 0 spiro atoms. The number of benzene rings is 9. The molecule has 0 atom stereocenters. The number of aromatic nitrogens is 4. The standard InChI is InChI=1S/C57H38N4/c1-57(2)46-33-36(59-50-23-11-5-17-40(50)41-18-6-12-24-51(41)59)28-30-55(46)61-54-29-27-35(58-48-21-9-3-15-38(48)39-16-4-10-22-49(39)58)31-44(54)45-32-37(34-47(57)56(45)61)60-52-25-13-7-19-42(52)43-20-8-14-26-53(43)60/h3-34H,1-2H3. The maximum Gasteiger partial charge on any atom is 0.0583 e. The molecule has 0 aliphatic carbocycles. The molecule has 4 heteroatoms. The molecule has 5 heterocycles. The summed E-state index contributed by atoms with van der Waals surface area (Å²) in [6, 6.07) is 72.2. The van der Waals surface area contributed by atoms with Crippen molar-refractivity contribution in [1.82, 2.24) is 18.3 Å². The molecule has 0 unspecified atom stereocenters. The Labute approximate surface area is 351 Å². The number of fused-ring (bicyclic) bond motifs is 14. The Morgan fingerprint density at radius 3 is 1.08 bits per heavy atom. The van der Waals surface area contributed by atoms with Crippen molar-refractivity contribution in [1.29, 1.82) is 0 Å². The van der Waals surface area contributed by atoms with Crippen LogP contribution in [-0.4, -0.2) is 18.3 Å². The summed E-state index contributed by atoms with van der Waals surface area (Å²) < 4.78 is 9.94. The van der Waals surface area contributed by atoms with Gasteiger partial charge in [-0.1, -0.05) is 123 Å². The van der Waals surface area contributed by atoms with Crippen molar-refractivity contribution < 1.29 is 0 Å². The third kappa shape index (κ3) is 4.23. The first kappa shape index (κ1) is 33.1. The van der Waals surface area contributed by atoms with Crippen LogP contribution in [0.3, 0.4) is 0 Å². The van der Waals surface area contributed by atoms with E-state index in [4.69, 9.17) is 0 Å². The Balaban J connectivity index is 1.10. The predicted octanol–water partition coefficient (Wildman–Crippen LogP) is 14.7. The number of hydrogen-bond donors (Lipinski definition) is 0. The van der Waals surface area contributed by atoms with Crippen molar-refractivity contribution in [2.45, 2.75) is 19.3 Å². The fraction of sp³-hybridized carbons (Fsp3) is 0.0526. The molecule has 0 fully saturated rings. The minimum Gasteiger partial charge on any atom is -0.309 e. The van der Waals surface area contributed by atoms with Gasteiger partial charge in [0.05, 0.1) is 49.8 Å². The molecule has 13 aromatic rings. The molecule has 0 bridgehead atoms. The Morgan fingerprint density at radius 2 is 0.623 bits per heavy atom. The van der Waals surface area contributed by atoms with Crippen LogP contribution in [0.4, 0.5) is 0 Å². The monoisotopic (exact) mass is 778 g/mol. The van der Waals surface area contributed by atoms with Crippen LogP contribution in [0.5, 0.6) is 0 Å². The zero-order valence-electron chi connectivity index (χ0n) is 33.8. The lowest BCUT2D eigenvalue weighted by Gasteiger charge is -2.35. The lowest BCUT2D eigenvalue weighted by molar-refractivity contribution is 0.629. The molecule has 14 rings (SSSR count). The van der Waals surface area contributed by atoms with Gasteiger partial charge in [0.15, 0.2) is 0 Å². The van der Waals surface area contributed by atoms with E-state index in [9.17, 15) is 0 Å². The van der Waals surface area contributed by atoms with E-state index in [0.29, 0.717) is 0 Å². The van der Waals surface area contributed by atoms with E-state index in [0.717, 1.165) is 5.69 Å². The van der Waals surface area contributed by atoms with Crippen molar-refractivity contribution >= 4 is 87.2 Å².